The number of benzene rings is 1. The number of amides is 1. The van der Waals surface area contributed by atoms with Crippen molar-refractivity contribution in [3.63, 3.8) is 0 Å². The van der Waals surface area contributed by atoms with Gasteiger partial charge in [-0.15, -0.1) is 0 Å². The highest BCUT2D eigenvalue weighted by atomic mass is 16.6. The summed E-state index contributed by atoms with van der Waals surface area (Å²) in [6.07, 6.45) is 5.25. The Morgan fingerprint density at radius 2 is 1.75 bits per heavy atom. The van der Waals surface area contributed by atoms with Crippen LogP contribution < -0.4 is 15.5 Å². The summed E-state index contributed by atoms with van der Waals surface area (Å²) < 4.78 is 0. The van der Waals surface area contributed by atoms with Crippen molar-refractivity contribution in [1.29, 1.82) is 0 Å². The summed E-state index contributed by atoms with van der Waals surface area (Å²) in [5.41, 5.74) is 0.406. The zero-order chi connectivity index (χ0) is 20.1. The third-order valence-corrected chi connectivity index (χ3v) is 4.84. The smallest absolute Gasteiger partial charge is 0.269 e. The normalized spacial score (nSPS) is 18.9. The van der Waals surface area contributed by atoms with Gasteiger partial charge in [-0.1, -0.05) is 0 Å². The summed E-state index contributed by atoms with van der Waals surface area (Å²) in [6.45, 7) is 0. The second kappa shape index (κ2) is 8.64. The molecule has 1 aliphatic rings. The van der Waals surface area contributed by atoms with Gasteiger partial charge in [0.05, 0.1) is 4.92 Å². The molecule has 1 amide bonds. The van der Waals surface area contributed by atoms with Gasteiger partial charge in [-0.3, -0.25) is 14.9 Å². The average Bonchev–Trinajstić information content (AvgIpc) is 2.69. The van der Waals surface area contributed by atoms with E-state index in [0.717, 1.165) is 31.5 Å². The Balaban J connectivity index is 1.49. The number of carbonyl (C=O) groups excluding carboxylic acids is 1. The minimum atomic E-state index is -0.478. The molecule has 9 nitrogen and oxygen atoms in total. The molecule has 1 saturated carbocycles. The lowest BCUT2D eigenvalue weighted by Gasteiger charge is -2.29. The van der Waals surface area contributed by atoms with Gasteiger partial charge in [0.15, 0.2) is 0 Å². The van der Waals surface area contributed by atoms with Gasteiger partial charge in [0.25, 0.3) is 11.6 Å². The minimum Gasteiger partial charge on any atom is -0.363 e. The highest BCUT2D eigenvalue weighted by Crippen LogP contribution is 2.22. The van der Waals surface area contributed by atoms with Crippen LogP contribution in [0.1, 0.15) is 36.0 Å². The summed E-state index contributed by atoms with van der Waals surface area (Å²) >= 11 is 0. The summed E-state index contributed by atoms with van der Waals surface area (Å²) in [7, 11) is 3.87. The van der Waals surface area contributed by atoms with Crippen molar-refractivity contribution in [1.82, 2.24) is 15.3 Å². The van der Waals surface area contributed by atoms with Crippen LogP contribution in [0.25, 0.3) is 0 Å². The molecule has 1 fully saturated rings. The van der Waals surface area contributed by atoms with E-state index >= 15 is 0 Å². The molecule has 0 spiro atoms. The summed E-state index contributed by atoms with van der Waals surface area (Å²) in [6, 6.07) is 7.87. The van der Waals surface area contributed by atoms with E-state index in [-0.39, 0.29) is 23.7 Å². The van der Waals surface area contributed by atoms with E-state index in [1.807, 2.05) is 25.1 Å². The van der Waals surface area contributed by atoms with Crippen molar-refractivity contribution in [2.24, 2.45) is 0 Å². The molecule has 0 radical (unpaired) electrons. The standard InChI is InChI=1S/C19H24N6O3/c1-24(2)17-11-12-20-19(23-17)22-15-7-5-14(6-8-15)21-18(26)13-3-9-16(10-4-13)25(27)28/h3-4,9-12,14-15H,5-8H2,1-2H3,(H,21,26)(H,20,22,23). The fourth-order valence-electron chi connectivity index (χ4n) is 3.24. The average molecular weight is 384 g/mol. The number of rotatable bonds is 6. The zero-order valence-corrected chi connectivity index (χ0v) is 16.0. The molecule has 0 atom stereocenters. The molecule has 1 aromatic heterocycles. The van der Waals surface area contributed by atoms with Gasteiger partial charge in [0, 0.05) is 50.1 Å². The summed E-state index contributed by atoms with van der Waals surface area (Å²) in [5, 5.41) is 17.1. The number of nitro benzene ring substituents is 1. The molecule has 1 aliphatic carbocycles. The van der Waals surface area contributed by atoms with E-state index in [4.69, 9.17) is 0 Å². The number of nitro groups is 1. The third kappa shape index (κ3) is 4.93. The van der Waals surface area contributed by atoms with Crippen LogP contribution in [-0.2, 0) is 0 Å². The van der Waals surface area contributed by atoms with E-state index in [1.165, 1.54) is 24.3 Å². The Labute approximate surface area is 163 Å². The molecular weight excluding hydrogens is 360 g/mol. The molecule has 28 heavy (non-hydrogen) atoms. The first kappa shape index (κ1) is 19.5. The maximum atomic E-state index is 12.3. The lowest BCUT2D eigenvalue weighted by atomic mass is 9.91. The Morgan fingerprint density at radius 3 is 2.36 bits per heavy atom. The monoisotopic (exact) mass is 384 g/mol. The molecule has 9 heteroatoms. The van der Waals surface area contributed by atoms with E-state index in [0.29, 0.717) is 11.5 Å². The van der Waals surface area contributed by atoms with Crippen molar-refractivity contribution in [3.05, 3.63) is 52.2 Å². The van der Waals surface area contributed by atoms with Crippen LogP contribution in [0.5, 0.6) is 0 Å². The topological polar surface area (TPSA) is 113 Å². The molecule has 1 heterocycles. The number of aromatic nitrogens is 2. The number of nitrogens with one attached hydrogen (secondary N) is 2. The van der Waals surface area contributed by atoms with Crippen molar-refractivity contribution in [3.8, 4) is 0 Å². The highest BCUT2D eigenvalue weighted by Gasteiger charge is 2.23. The van der Waals surface area contributed by atoms with Crippen LogP contribution in [0.2, 0.25) is 0 Å². The van der Waals surface area contributed by atoms with Crippen LogP contribution in [0.4, 0.5) is 17.5 Å². The number of nitrogens with zero attached hydrogens (tertiary/aromatic N) is 4. The van der Waals surface area contributed by atoms with Crippen LogP contribution in [0.3, 0.4) is 0 Å². The minimum absolute atomic E-state index is 0.0244. The Hall–Kier alpha value is -3.23. The van der Waals surface area contributed by atoms with E-state index < -0.39 is 4.92 Å². The molecule has 0 saturated heterocycles. The van der Waals surface area contributed by atoms with Crippen molar-refractivity contribution in [2.75, 3.05) is 24.3 Å². The molecule has 148 valence electrons. The third-order valence-electron chi connectivity index (χ3n) is 4.84. The van der Waals surface area contributed by atoms with Gasteiger partial charge in [-0.2, -0.15) is 4.98 Å². The molecule has 1 aromatic carbocycles. The zero-order valence-electron chi connectivity index (χ0n) is 16.0. The van der Waals surface area contributed by atoms with E-state index in [1.54, 1.807) is 6.20 Å². The number of hydrogen-bond donors (Lipinski definition) is 2. The molecular formula is C19H24N6O3. The Morgan fingerprint density at radius 1 is 1.11 bits per heavy atom. The predicted molar refractivity (Wildman–Crippen MR) is 107 cm³/mol. The van der Waals surface area contributed by atoms with Gasteiger partial charge >= 0.3 is 0 Å². The highest BCUT2D eigenvalue weighted by molar-refractivity contribution is 5.94. The first-order valence-electron chi connectivity index (χ1n) is 9.24. The fourth-order valence-corrected chi connectivity index (χ4v) is 3.24. The maximum absolute atomic E-state index is 12.3. The second-order valence-corrected chi connectivity index (χ2v) is 7.10. The first-order chi connectivity index (χ1) is 13.4. The van der Waals surface area contributed by atoms with Gasteiger partial charge in [-0.25, -0.2) is 4.98 Å². The van der Waals surface area contributed by atoms with E-state index in [2.05, 4.69) is 20.6 Å². The summed E-state index contributed by atoms with van der Waals surface area (Å²) in [5.74, 6) is 1.26. The van der Waals surface area contributed by atoms with Crippen molar-refractivity contribution >= 4 is 23.4 Å². The van der Waals surface area contributed by atoms with Crippen molar-refractivity contribution < 1.29 is 9.72 Å². The quantitative estimate of drug-likeness (QED) is 0.581. The Kier molecular flexibility index (Phi) is 6.03. The van der Waals surface area contributed by atoms with Crippen molar-refractivity contribution in [2.45, 2.75) is 37.8 Å². The largest absolute Gasteiger partial charge is 0.363 e. The van der Waals surface area contributed by atoms with Crippen LogP contribution >= 0.6 is 0 Å². The van der Waals surface area contributed by atoms with Crippen LogP contribution in [-0.4, -0.2) is 47.0 Å². The first-order valence-corrected chi connectivity index (χ1v) is 9.24. The van der Waals surface area contributed by atoms with Gasteiger partial charge in [-0.05, 0) is 43.9 Å². The molecule has 2 aromatic rings. The lowest BCUT2D eigenvalue weighted by molar-refractivity contribution is -0.384. The van der Waals surface area contributed by atoms with Gasteiger partial charge in [0.1, 0.15) is 5.82 Å². The predicted octanol–water partition coefficient (Wildman–Crippen LogP) is 2.60. The molecule has 0 bridgehead atoms. The molecule has 0 aliphatic heterocycles. The van der Waals surface area contributed by atoms with Crippen LogP contribution in [0.15, 0.2) is 36.5 Å². The second-order valence-electron chi connectivity index (χ2n) is 7.10. The van der Waals surface area contributed by atoms with Crippen LogP contribution in [0, 0.1) is 10.1 Å². The fraction of sp³-hybridized carbons (Fsp3) is 0.421. The van der Waals surface area contributed by atoms with E-state index in [9.17, 15) is 14.9 Å². The maximum Gasteiger partial charge on any atom is 0.269 e. The number of carbonyl (C=O) groups is 1. The Bertz CT molecular complexity index is 832. The summed E-state index contributed by atoms with van der Waals surface area (Å²) in [4.78, 5) is 33.3. The van der Waals surface area contributed by atoms with Gasteiger partial charge < -0.3 is 15.5 Å². The van der Waals surface area contributed by atoms with Gasteiger partial charge in [0.2, 0.25) is 5.95 Å². The number of hydrogen-bond acceptors (Lipinski definition) is 7. The molecule has 2 N–H and O–H groups in total. The molecule has 3 rings (SSSR count). The SMILES string of the molecule is CN(C)c1ccnc(NC2CCC(NC(=O)c3ccc([N+](=O)[O-])cc3)CC2)n1. The molecule has 0 unspecified atom stereocenters. The number of non-ortho nitro benzene ring substituents is 1. The number of anilines is 2. The lowest BCUT2D eigenvalue weighted by Crippen LogP contribution is -2.40.